The molecule has 0 saturated carbocycles. The average molecular weight is 645 g/mol. The Labute approximate surface area is 254 Å². The highest BCUT2D eigenvalue weighted by Crippen LogP contribution is 2.59. The molecule has 5 rings (SSSR count). The quantitative estimate of drug-likeness (QED) is 0.287. The molecule has 1 aromatic carbocycles. The fourth-order valence-corrected chi connectivity index (χ4v) is 7.48. The second-order valence-electron chi connectivity index (χ2n) is 11.5. The van der Waals surface area contributed by atoms with Crippen LogP contribution >= 0.6 is 15.9 Å². The molecule has 4 aliphatic heterocycles. The van der Waals surface area contributed by atoms with Crippen LogP contribution in [0.3, 0.4) is 0 Å². The fourth-order valence-electron chi connectivity index (χ4n) is 6.75. The number of fused-ring (bicyclic) bond motifs is 2. The van der Waals surface area contributed by atoms with E-state index in [1.54, 1.807) is 22.8 Å². The number of carbonyl (C=O) groups is 4. The number of allylic oxidation sites excluding steroid dienone is 1. The summed E-state index contributed by atoms with van der Waals surface area (Å²) in [4.78, 5) is 58.3. The van der Waals surface area contributed by atoms with Crippen molar-refractivity contribution in [2.75, 3.05) is 31.1 Å². The maximum absolute atomic E-state index is 14.9. The van der Waals surface area contributed by atoms with Gasteiger partial charge < -0.3 is 29.7 Å². The number of nitrogens with zero attached hydrogens (tertiary/aromatic N) is 2. The van der Waals surface area contributed by atoms with Gasteiger partial charge in [-0.2, -0.15) is 0 Å². The van der Waals surface area contributed by atoms with Crippen LogP contribution in [0.25, 0.3) is 0 Å². The van der Waals surface area contributed by atoms with Gasteiger partial charge in [-0.3, -0.25) is 19.2 Å². The molecule has 5 bridgehead atoms. The molecular formula is C31H38BrN3O7. The zero-order chi connectivity index (χ0) is 30.2. The van der Waals surface area contributed by atoms with Crippen LogP contribution in [-0.4, -0.2) is 83.8 Å². The fraction of sp³-hybridized carbons (Fsp3) is 0.548. The van der Waals surface area contributed by atoms with Gasteiger partial charge in [0.1, 0.15) is 29.8 Å². The number of amides is 3. The Balaban J connectivity index is 1.64. The average Bonchev–Trinajstić information content (AvgIpc) is 3.53. The first kappa shape index (κ1) is 30.4. The lowest BCUT2D eigenvalue weighted by atomic mass is 9.74. The van der Waals surface area contributed by atoms with E-state index in [9.17, 15) is 24.3 Å². The van der Waals surface area contributed by atoms with Gasteiger partial charge in [-0.1, -0.05) is 46.3 Å². The van der Waals surface area contributed by atoms with Crippen molar-refractivity contribution in [2.45, 2.75) is 70.3 Å². The van der Waals surface area contributed by atoms with E-state index in [0.29, 0.717) is 23.7 Å². The Morgan fingerprint density at radius 2 is 1.83 bits per heavy atom. The number of hydrogen-bond donors (Lipinski definition) is 2. The number of cyclic esters (lactones) is 1. The van der Waals surface area contributed by atoms with Crippen molar-refractivity contribution < 1.29 is 33.8 Å². The van der Waals surface area contributed by atoms with E-state index < -0.39 is 41.7 Å². The number of para-hydroxylation sites is 1. The number of halogens is 1. The highest BCUT2D eigenvalue weighted by Gasteiger charge is 2.74. The minimum absolute atomic E-state index is 0.0397. The number of esters is 1. The molecule has 1 aromatic rings. The highest BCUT2D eigenvalue weighted by atomic mass is 79.9. The molecular weight excluding hydrogens is 606 g/mol. The standard InChI is InChI=1S/C31H38BrN3O7/c1-18-10-9-11-19(2)25(18)34-13-6-4-5-12-22(37)33-17-20(3)41-30(40)23-24-28(38)35(14-7-8-15-36)27(29(34)39)31(24)16-21(32)26(23)42-31/h4,6,9-11,16,20,23-24,26-27,36H,5,7-8,12-15,17H2,1-3H3,(H,33,37)/b6-4-/t20-,23+,24-,26+,27+,31-/m0/s1. The van der Waals surface area contributed by atoms with Crippen molar-refractivity contribution in [1.29, 1.82) is 0 Å². The van der Waals surface area contributed by atoms with Crippen LogP contribution in [-0.2, 0) is 28.7 Å². The van der Waals surface area contributed by atoms with E-state index in [1.807, 2.05) is 44.2 Å². The molecule has 0 radical (unpaired) electrons. The topological polar surface area (TPSA) is 125 Å². The van der Waals surface area contributed by atoms with E-state index in [4.69, 9.17) is 9.47 Å². The van der Waals surface area contributed by atoms with Crippen LogP contribution in [0, 0.1) is 25.7 Å². The summed E-state index contributed by atoms with van der Waals surface area (Å²) < 4.78 is 12.9. The number of ether oxygens (including phenoxy) is 2. The summed E-state index contributed by atoms with van der Waals surface area (Å²) in [5, 5.41) is 12.3. The molecule has 1 spiro atoms. The van der Waals surface area contributed by atoms with Crippen LogP contribution < -0.4 is 10.2 Å². The first-order valence-corrected chi connectivity index (χ1v) is 15.4. The molecule has 2 fully saturated rings. The monoisotopic (exact) mass is 643 g/mol. The SMILES string of the molecule is Cc1cccc(C)c1N1C/C=C\CCC(=O)NC[C@H](C)OC(=O)[C@H]2[C@@H]3O[C@@]4(C=C3Br)[C@@H]2C(=O)N(CCCCO)[C@@H]4C1=O. The molecule has 4 aliphatic rings. The molecule has 3 amide bonds. The first-order chi connectivity index (χ1) is 20.1. The predicted molar refractivity (Wildman–Crippen MR) is 159 cm³/mol. The Morgan fingerprint density at radius 3 is 2.55 bits per heavy atom. The minimum Gasteiger partial charge on any atom is -0.460 e. The van der Waals surface area contributed by atoms with Crippen molar-refractivity contribution >= 4 is 45.3 Å². The normalized spacial score (nSPS) is 32.5. The first-order valence-electron chi connectivity index (χ1n) is 14.6. The molecule has 2 N–H and O–H groups in total. The lowest BCUT2D eigenvalue weighted by Gasteiger charge is -2.36. The minimum atomic E-state index is -1.37. The number of hydrogen-bond acceptors (Lipinski definition) is 7. The summed E-state index contributed by atoms with van der Waals surface area (Å²) in [5.74, 6) is -3.35. The Hall–Kier alpha value is -3.02. The third kappa shape index (κ3) is 5.31. The van der Waals surface area contributed by atoms with E-state index in [2.05, 4.69) is 21.2 Å². The number of carbonyl (C=O) groups excluding carboxylic acids is 4. The summed E-state index contributed by atoms with van der Waals surface area (Å²) in [7, 11) is 0. The number of aliphatic hydroxyl groups excluding tert-OH is 1. The second-order valence-corrected chi connectivity index (χ2v) is 12.5. The van der Waals surface area contributed by atoms with Gasteiger partial charge in [0, 0.05) is 36.3 Å². The Morgan fingerprint density at radius 1 is 1.10 bits per heavy atom. The number of aryl methyl sites for hydroxylation is 2. The summed E-state index contributed by atoms with van der Waals surface area (Å²) in [5.41, 5.74) is 1.17. The lowest BCUT2D eigenvalue weighted by Crippen LogP contribution is -2.56. The van der Waals surface area contributed by atoms with Gasteiger partial charge in [-0.15, -0.1) is 0 Å². The molecule has 226 valence electrons. The molecule has 11 heteroatoms. The maximum Gasteiger partial charge on any atom is 0.313 e. The van der Waals surface area contributed by atoms with Crippen molar-refractivity contribution in [3.8, 4) is 0 Å². The molecule has 6 atom stereocenters. The van der Waals surface area contributed by atoms with E-state index >= 15 is 0 Å². The third-order valence-corrected chi connectivity index (χ3v) is 9.29. The zero-order valence-electron chi connectivity index (χ0n) is 24.2. The van der Waals surface area contributed by atoms with Crippen molar-refractivity contribution in [2.24, 2.45) is 11.8 Å². The third-order valence-electron chi connectivity index (χ3n) is 8.61. The molecule has 2 saturated heterocycles. The number of anilines is 1. The number of aliphatic hydroxyl groups is 1. The van der Waals surface area contributed by atoms with Crippen LogP contribution in [0.1, 0.15) is 43.7 Å². The van der Waals surface area contributed by atoms with Gasteiger partial charge >= 0.3 is 5.97 Å². The van der Waals surface area contributed by atoms with E-state index in [-0.39, 0.29) is 50.4 Å². The molecule has 10 nitrogen and oxygen atoms in total. The summed E-state index contributed by atoms with van der Waals surface area (Å²) >= 11 is 3.56. The Bertz CT molecular complexity index is 1310. The molecule has 0 aromatic heterocycles. The van der Waals surface area contributed by atoms with Gasteiger partial charge in [-0.05, 0) is 57.2 Å². The summed E-state index contributed by atoms with van der Waals surface area (Å²) in [6.07, 6.45) is 5.81. The van der Waals surface area contributed by atoms with E-state index in [1.165, 1.54) is 0 Å². The van der Waals surface area contributed by atoms with Gasteiger partial charge in [0.05, 0.1) is 12.5 Å². The van der Waals surface area contributed by atoms with Crippen LogP contribution in [0.2, 0.25) is 0 Å². The van der Waals surface area contributed by atoms with Crippen LogP contribution in [0.5, 0.6) is 0 Å². The molecule has 42 heavy (non-hydrogen) atoms. The highest BCUT2D eigenvalue weighted by molar-refractivity contribution is 9.11. The number of unbranched alkanes of at least 4 members (excludes halogenated alkanes) is 1. The molecule has 0 aliphatic carbocycles. The van der Waals surface area contributed by atoms with Gasteiger partial charge in [-0.25, -0.2) is 0 Å². The smallest absolute Gasteiger partial charge is 0.313 e. The number of rotatable bonds is 5. The summed E-state index contributed by atoms with van der Waals surface area (Å²) in [6, 6.07) is 4.77. The lowest BCUT2D eigenvalue weighted by molar-refractivity contribution is -0.158. The maximum atomic E-state index is 14.9. The number of nitrogens with one attached hydrogen (secondary N) is 1. The molecule has 0 unspecified atom stereocenters. The predicted octanol–water partition coefficient (Wildman–Crippen LogP) is 2.68. The van der Waals surface area contributed by atoms with Gasteiger partial charge in [0.15, 0.2) is 0 Å². The van der Waals surface area contributed by atoms with Gasteiger partial charge in [0.25, 0.3) is 5.91 Å². The molecule has 4 heterocycles. The van der Waals surface area contributed by atoms with E-state index in [0.717, 1.165) is 16.8 Å². The van der Waals surface area contributed by atoms with Crippen molar-refractivity contribution in [3.63, 3.8) is 0 Å². The second kappa shape index (κ2) is 12.3. The van der Waals surface area contributed by atoms with Crippen molar-refractivity contribution in [1.82, 2.24) is 10.2 Å². The number of benzene rings is 1. The largest absolute Gasteiger partial charge is 0.460 e. The summed E-state index contributed by atoms with van der Waals surface area (Å²) in [6.45, 7) is 6.12. The number of likely N-dealkylation sites (tertiary alicyclic amines) is 1. The zero-order valence-corrected chi connectivity index (χ0v) is 25.8. The van der Waals surface area contributed by atoms with Gasteiger partial charge in [0.2, 0.25) is 11.8 Å². The van der Waals surface area contributed by atoms with Crippen LogP contribution in [0.4, 0.5) is 5.69 Å². The Kier molecular flexibility index (Phi) is 8.91. The van der Waals surface area contributed by atoms with Crippen molar-refractivity contribution in [3.05, 3.63) is 52.0 Å². The van der Waals surface area contributed by atoms with Crippen LogP contribution in [0.15, 0.2) is 40.9 Å².